The lowest BCUT2D eigenvalue weighted by Crippen LogP contribution is -2.43. The Balaban J connectivity index is 2.11. The van der Waals surface area contributed by atoms with Crippen LogP contribution in [0.5, 0.6) is 0 Å². The summed E-state index contributed by atoms with van der Waals surface area (Å²) in [5.41, 5.74) is 6.63. The first-order valence-corrected chi connectivity index (χ1v) is 6.56. The Morgan fingerprint density at radius 1 is 1.31 bits per heavy atom. The molecule has 86 valence electrons. The predicted molar refractivity (Wildman–Crippen MR) is 72.3 cm³/mol. The minimum atomic E-state index is 0.136. The van der Waals surface area contributed by atoms with Crippen LogP contribution in [0.3, 0.4) is 0 Å². The fraction of sp³-hybridized carbons (Fsp3) is 0.417. The van der Waals surface area contributed by atoms with Crippen LogP contribution in [-0.2, 0) is 0 Å². The normalized spacial score (nSPS) is 17.5. The zero-order valence-electron chi connectivity index (χ0n) is 9.03. The molecule has 1 aromatic carbocycles. The summed E-state index contributed by atoms with van der Waals surface area (Å²) in [6, 6.07) is 7.97. The van der Waals surface area contributed by atoms with Crippen LogP contribution in [0.2, 0.25) is 0 Å². The van der Waals surface area contributed by atoms with Gasteiger partial charge in [0.2, 0.25) is 0 Å². The largest absolute Gasteiger partial charge is 0.338 e. The maximum absolute atomic E-state index is 12.2. The molecule has 0 atom stereocenters. The van der Waals surface area contributed by atoms with Crippen LogP contribution in [0.4, 0.5) is 0 Å². The monoisotopic (exact) mass is 330 g/mol. The van der Waals surface area contributed by atoms with Gasteiger partial charge >= 0.3 is 0 Å². The van der Waals surface area contributed by atoms with Gasteiger partial charge in [0.1, 0.15) is 0 Å². The van der Waals surface area contributed by atoms with E-state index in [0.717, 1.165) is 35.1 Å². The molecule has 0 bridgehead atoms. The van der Waals surface area contributed by atoms with Crippen molar-refractivity contribution in [1.82, 2.24) is 4.90 Å². The first-order valence-electron chi connectivity index (χ1n) is 5.48. The van der Waals surface area contributed by atoms with Gasteiger partial charge in [-0.2, -0.15) is 0 Å². The van der Waals surface area contributed by atoms with Crippen molar-refractivity contribution in [3.8, 4) is 0 Å². The lowest BCUT2D eigenvalue weighted by molar-refractivity contribution is 0.0713. The molecule has 0 aliphatic carbocycles. The van der Waals surface area contributed by atoms with Gasteiger partial charge in [-0.05, 0) is 47.6 Å². The molecule has 1 aliphatic rings. The molecule has 3 nitrogen and oxygen atoms in total. The van der Waals surface area contributed by atoms with E-state index in [0.29, 0.717) is 0 Å². The Labute approximate surface area is 109 Å². The third-order valence-corrected chi connectivity index (χ3v) is 3.87. The van der Waals surface area contributed by atoms with Crippen molar-refractivity contribution in [2.45, 2.75) is 18.9 Å². The number of rotatable bonds is 1. The van der Waals surface area contributed by atoms with E-state index in [4.69, 9.17) is 5.73 Å². The van der Waals surface area contributed by atoms with E-state index >= 15 is 0 Å². The minimum Gasteiger partial charge on any atom is -0.338 e. The average Bonchev–Trinajstić information content (AvgIpc) is 2.30. The summed E-state index contributed by atoms with van der Waals surface area (Å²) in [6.45, 7) is 1.57. The van der Waals surface area contributed by atoms with Crippen LogP contribution in [0.25, 0.3) is 0 Å². The number of carbonyl (C=O) groups is 1. The van der Waals surface area contributed by atoms with Crippen molar-refractivity contribution in [2.24, 2.45) is 5.73 Å². The third-order valence-electron chi connectivity index (χ3n) is 2.93. The molecule has 0 aromatic heterocycles. The number of piperidine rings is 1. The lowest BCUT2D eigenvalue weighted by atomic mass is 10.1. The number of carbonyl (C=O) groups excluding carboxylic acids is 1. The smallest absolute Gasteiger partial charge is 0.254 e. The Morgan fingerprint density at radius 2 is 1.94 bits per heavy atom. The van der Waals surface area contributed by atoms with Crippen molar-refractivity contribution >= 4 is 28.5 Å². The summed E-state index contributed by atoms with van der Waals surface area (Å²) >= 11 is 2.20. The molecular weight excluding hydrogens is 315 g/mol. The van der Waals surface area contributed by atoms with E-state index in [-0.39, 0.29) is 11.9 Å². The number of hydrogen-bond donors (Lipinski definition) is 1. The van der Waals surface area contributed by atoms with Crippen molar-refractivity contribution < 1.29 is 4.79 Å². The Morgan fingerprint density at radius 3 is 2.56 bits per heavy atom. The molecule has 1 saturated heterocycles. The molecule has 1 aromatic rings. The van der Waals surface area contributed by atoms with Gasteiger partial charge in [0.05, 0.1) is 5.56 Å². The fourth-order valence-corrected chi connectivity index (χ4v) is 2.53. The quantitative estimate of drug-likeness (QED) is 0.799. The van der Waals surface area contributed by atoms with Crippen LogP contribution < -0.4 is 5.73 Å². The predicted octanol–water partition coefficient (Wildman–Crippen LogP) is 1.85. The second-order valence-corrected chi connectivity index (χ2v) is 5.27. The standard InChI is InChI=1S/C12H15IN2O/c13-11-4-2-1-3-10(11)12(16)15-7-5-9(14)6-8-15/h1-4,9H,5-8,14H2. The fourth-order valence-electron chi connectivity index (χ4n) is 1.91. The summed E-state index contributed by atoms with van der Waals surface area (Å²) < 4.78 is 1.01. The van der Waals surface area contributed by atoms with Gasteiger partial charge in [0, 0.05) is 22.7 Å². The minimum absolute atomic E-state index is 0.136. The van der Waals surface area contributed by atoms with Crippen molar-refractivity contribution in [3.05, 3.63) is 33.4 Å². The summed E-state index contributed by atoms with van der Waals surface area (Å²) in [5.74, 6) is 0.136. The van der Waals surface area contributed by atoms with Gasteiger partial charge in [-0.3, -0.25) is 4.79 Å². The molecule has 0 unspecified atom stereocenters. The Bertz CT molecular complexity index is 386. The first-order chi connectivity index (χ1) is 7.68. The van der Waals surface area contributed by atoms with E-state index in [9.17, 15) is 4.79 Å². The summed E-state index contributed by atoms with van der Waals surface area (Å²) in [5, 5.41) is 0. The van der Waals surface area contributed by atoms with Crippen LogP contribution in [0.1, 0.15) is 23.2 Å². The number of benzene rings is 1. The zero-order chi connectivity index (χ0) is 11.5. The summed E-state index contributed by atoms with van der Waals surface area (Å²) in [7, 11) is 0. The van der Waals surface area contributed by atoms with Crippen molar-refractivity contribution in [1.29, 1.82) is 0 Å². The molecule has 2 N–H and O–H groups in total. The maximum atomic E-state index is 12.2. The second kappa shape index (κ2) is 5.14. The second-order valence-electron chi connectivity index (χ2n) is 4.11. The van der Waals surface area contributed by atoms with Crippen LogP contribution in [0.15, 0.2) is 24.3 Å². The molecule has 4 heteroatoms. The molecule has 1 aliphatic heterocycles. The van der Waals surface area contributed by atoms with Gasteiger partial charge in [-0.25, -0.2) is 0 Å². The number of nitrogens with two attached hydrogens (primary N) is 1. The van der Waals surface area contributed by atoms with E-state index in [1.807, 2.05) is 29.2 Å². The number of halogens is 1. The average molecular weight is 330 g/mol. The zero-order valence-corrected chi connectivity index (χ0v) is 11.2. The molecule has 1 heterocycles. The maximum Gasteiger partial charge on any atom is 0.254 e. The van der Waals surface area contributed by atoms with E-state index in [1.165, 1.54) is 0 Å². The number of likely N-dealkylation sites (tertiary alicyclic amines) is 1. The van der Waals surface area contributed by atoms with E-state index in [1.54, 1.807) is 0 Å². The van der Waals surface area contributed by atoms with Crippen LogP contribution in [0, 0.1) is 3.57 Å². The summed E-state index contributed by atoms with van der Waals surface area (Å²) in [4.78, 5) is 14.1. The van der Waals surface area contributed by atoms with Gasteiger partial charge < -0.3 is 10.6 Å². The number of nitrogens with zero attached hydrogens (tertiary/aromatic N) is 1. The van der Waals surface area contributed by atoms with Crippen LogP contribution >= 0.6 is 22.6 Å². The van der Waals surface area contributed by atoms with Gasteiger partial charge in [-0.1, -0.05) is 12.1 Å². The molecule has 0 saturated carbocycles. The number of amides is 1. The summed E-state index contributed by atoms with van der Waals surface area (Å²) in [6.07, 6.45) is 1.82. The Hall–Kier alpha value is -0.620. The molecule has 16 heavy (non-hydrogen) atoms. The molecule has 0 spiro atoms. The van der Waals surface area contributed by atoms with Gasteiger partial charge in [0.15, 0.2) is 0 Å². The Kier molecular flexibility index (Phi) is 3.81. The van der Waals surface area contributed by atoms with Crippen molar-refractivity contribution in [3.63, 3.8) is 0 Å². The van der Waals surface area contributed by atoms with Crippen LogP contribution in [-0.4, -0.2) is 29.9 Å². The van der Waals surface area contributed by atoms with E-state index < -0.39 is 0 Å². The highest BCUT2D eigenvalue weighted by molar-refractivity contribution is 14.1. The van der Waals surface area contributed by atoms with E-state index in [2.05, 4.69) is 22.6 Å². The lowest BCUT2D eigenvalue weighted by Gasteiger charge is -2.30. The van der Waals surface area contributed by atoms with Gasteiger partial charge in [0.25, 0.3) is 5.91 Å². The topological polar surface area (TPSA) is 46.3 Å². The molecule has 2 rings (SSSR count). The molecular formula is C12H15IN2O. The third kappa shape index (κ3) is 2.55. The highest BCUT2D eigenvalue weighted by atomic mass is 127. The molecule has 1 fully saturated rings. The SMILES string of the molecule is NC1CCN(C(=O)c2ccccc2I)CC1. The van der Waals surface area contributed by atoms with Crippen molar-refractivity contribution in [2.75, 3.05) is 13.1 Å². The van der Waals surface area contributed by atoms with Gasteiger partial charge in [-0.15, -0.1) is 0 Å². The molecule has 0 radical (unpaired) electrons. The highest BCUT2D eigenvalue weighted by Gasteiger charge is 2.22. The molecule has 1 amide bonds. The first kappa shape index (κ1) is 11.9. The number of hydrogen-bond acceptors (Lipinski definition) is 2. The highest BCUT2D eigenvalue weighted by Crippen LogP contribution is 2.17.